The molecule has 0 saturated heterocycles. The molecular weight excluding hydrogens is 312 g/mol. The third kappa shape index (κ3) is 2.78. The third-order valence-electron chi connectivity index (χ3n) is 4.39. The van der Waals surface area contributed by atoms with E-state index >= 15 is 0 Å². The van der Waals surface area contributed by atoms with E-state index in [2.05, 4.69) is 41.8 Å². The first-order chi connectivity index (χ1) is 12.0. The first kappa shape index (κ1) is 15.4. The molecule has 1 amide bonds. The molecule has 0 aliphatic carbocycles. The number of carbonyl (C=O) groups is 1. The van der Waals surface area contributed by atoms with E-state index in [1.54, 1.807) is 0 Å². The minimum absolute atomic E-state index is 0.0715. The highest BCUT2D eigenvalue weighted by Crippen LogP contribution is 2.39. The fourth-order valence-electron chi connectivity index (χ4n) is 3.30. The molecule has 1 atom stereocenters. The molecule has 0 fully saturated rings. The molecule has 2 heterocycles. The van der Waals surface area contributed by atoms with Crippen molar-refractivity contribution >= 4 is 17.3 Å². The smallest absolute Gasteiger partial charge is 0.221 e. The summed E-state index contributed by atoms with van der Waals surface area (Å²) in [5.41, 5.74) is 7.49. The van der Waals surface area contributed by atoms with Gasteiger partial charge in [-0.15, -0.1) is 0 Å². The summed E-state index contributed by atoms with van der Waals surface area (Å²) in [6.07, 6.45) is -0.0784. The highest BCUT2D eigenvalue weighted by atomic mass is 16.1. The number of fused-ring (bicyclic) bond motifs is 3. The summed E-state index contributed by atoms with van der Waals surface area (Å²) in [4.78, 5) is 11.2. The van der Waals surface area contributed by atoms with Crippen molar-refractivity contribution in [3.63, 3.8) is 0 Å². The molecule has 1 unspecified atom stereocenters. The Labute approximate surface area is 146 Å². The Morgan fingerprint density at radius 3 is 2.60 bits per heavy atom. The van der Waals surface area contributed by atoms with Crippen LogP contribution in [0.2, 0.25) is 0 Å². The average molecular weight is 332 g/mol. The molecule has 4 rings (SSSR count). The SMILES string of the molecule is CC(=O)Nc1ccc(C2Nc3ccc(C)cc3-c3cc(C)nn32)cc1. The molecular formula is C20H20N4O. The van der Waals surface area contributed by atoms with Crippen molar-refractivity contribution in [2.45, 2.75) is 26.9 Å². The maximum atomic E-state index is 11.2. The van der Waals surface area contributed by atoms with Crippen molar-refractivity contribution in [1.29, 1.82) is 0 Å². The van der Waals surface area contributed by atoms with Gasteiger partial charge < -0.3 is 10.6 Å². The second-order valence-electron chi connectivity index (χ2n) is 6.51. The second-order valence-corrected chi connectivity index (χ2v) is 6.51. The predicted octanol–water partition coefficient (Wildman–Crippen LogP) is 4.10. The average Bonchev–Trinajstić information content (AvgIpc) is 2.96. The zero-order valence-electron chi connectivity index (χ0n) is 14.5. The molecule has 1 aliphatic rings. The molecule has 1 aliphatic heterocycles. The van der Waals surface area contributed by atoms with Crippen LogP contribution in [-0.2, 0) is 4.79 Å². The Bertz CT molecular complexity index is 956. The van der Waals surface area contributed by atoms with Crippen LogP contribution in [0.1, 0.15) is 29.9 Å². The molecule has 0 bridgehead atoms. The highest BCUT2D eigenvalue weighted by Gasteiger charge is 2.26. The molecule has 25 heavy (non-hydrogen) atoms. The zero-order chi connectivity index (χ0) is 17.6. The van der Waals surface area contributed by atoms with Crippen LogP contribution >= 0.6 is 0 Å². The predicted molar refractivity (Wildman–Crippen MR) is 99.6 cm³/mol. The van der Waals surface area contributed by atoms with Crippen LogP contribution in [0.3, 0.4) is 0 Å². The normalized spacial score (nSPS) is 15.1. The largest absolute Gasteiger partial charge is 0.359 e. The lowest BCUT2D eigenvalue weighted by atomic mass is 10.0. The van der Waals surface area contributed by atoms with E-state index in [0.29, 0.717) is 0 Å². The number of hydrogen-bond donors (Lipinski definition) is 2. The topological polar surface area (TPSA) is 59.0 Å². The van der Waals surface area contributed by atoms with Gasteiger partial charge in [0.25, 0.3) is 0 Å². The first-order valence-electron chi connectivity index (χ1n) is 8.32. The summed E-state index contributed by atoms with van der Waals surface area (Å²) < 4.78 is 2.03. The lowest BCUT2D eigenvalue weighted by molar-refractivity contribution is -0.114. The van der Waals surface area contributed by atoms with E-state index < -0.39 is 0 Å². The Morgan fingerprint density at radius 2 is 1.88 bits per heavy atom. The van der Waals surface area contributed by atoms with Crippen LogP contribution in [0.5, 0.6) is 0 Å². The third-order valence-corrected chi connectivity index (χ3v) is 4.39. The molecule has 5 nitrogen and oxygen atoms in total. The number of aryl methyl sites for hydroxylation is 2. The summed E-state index contributed by atoms with van der Waals surface area (Å²) in [5, 5.41) is 11.1. The van der Waals surface area contributed by atoms with Crippen molar-refractivity contribution < 1.29 is 4.79 Å². The monoisotopic (exact) mass is 332 g/mol. The molecule has 3 aromatic rings. The fourth-order valence-corrected chi connectivity index (χ4v) is 3.30. The van der Waals surface area contributed by atoms with Gasteiger partial charge >= 0.3 is 0 Å². The molecule has 0 saturated carbocycles. The molecule has 0 radical (unpaired) electrons. The van der Waals surface area contributed by atoms with Crippen LogP contribution in [0.4, 0.5) is 11.4 Å². The summed E-state index contributed by atoms with van der Waals surface area (Å²) in [6.45, 7) is 5.62. The molecule has 2 N–H and O–H groups in total. The van der Waals surface area contributed by atoms with Crippen molar-refractivity contribution in [2.75, 3.05) is 10.6 Å². The van der Waals surface area contributed by atoms with Gasteiger partial charge in [-0.1, -0.05) is 23.8 Å². The van der Waals surface area contributed by atoms with Gasteiger partial charge in [0.1, 0.15) is 6.17 Å². The molecule has 5 heteroatoms. The summed E-state index contributed by atoms with van der Waals surface area (Å²) in [6, 6.07) is 16.4. The number of anilines is 2. The maximum absolute atomic E-state index is 11.2. The van der Waals surface area contributed by atoms with Gasteiger partial charge in [0.15, 0.2) is 0 Å². The summed E-state index contributed by atoms with van der Waals surface area (Å²) in [5.74, 6) is -0.0715. The van der Waals surface area contributed by atoms with Crippen LogP contribution in [0.15, 0.2) is 48.5 Å². The number of carbonyl (C=O) groups excluding carboxylic acids is 1. The second kappa shape index (κ2) is 5.77. The number of nitrogens with one attached hydrogen (secondary N) is 2. The number of hydrogen-bond acceptors (Lipinski definition) is 3. The van der Waals surface area contributed by atoms with E-state index in [1.165, 1.54) is 18.1 Å². The van der Waals surface area contributed by atoms with E-state index in [1.807, 2.05) is 35.9 Å². The number of rotatable bonds is 2. The number of nitrogens with zero attached hydrogens (tertiary/aromatic N) is 2. The molecule has 126 valence electrons. The van der Waals surface area contributed by atoms with Gasteiger partial charge in [-0.3, -0.25) is 4.79 Å². The quantitative estimate of drug-likeness (QED) is 0.743. The van der Waals surface area contributed by atoms with Gasteiger partial charge in [-0.05, 0) is 49.7 Å². The van der Waals surface area contributed by atoms with Gasteiger partial charge in [-0.2, -0.15) is 5.10 Å². The van der Waals surface area contributed by atoms with Gasteiger partial charge in [-0.25, -0.2) is 4.68 Å². The number of benzene rings is 2. The minimum atomic E-state index is -0.0784. The van der Waals surface area contributed by atoms with E-state index in [0.717, 1.165) is 28.3 Å². The van der Waals surface area contributed by atoms with Crippen molar-refractivity contribution in [2.24, 2.45) is 0 Å². The highest BCUT2D eigenvalue weighted by molar-refractivity contribution is 5.88. The number of amides is 1. The molecule has 2 aromatic carbocycles. The van der Waals surface area contributed by atoms with E-state index in [4.69, 9.17) is 5.10 Å². The van der Waals surface area contributed by atoms with E-state index in [9.17, 15) is 4.79 Å². The van der Waals surface area contributed by atoms with Crippen molar-refractivity contribution in [3.05, 3.63) is 65.4 Å². The summed E-state index contributed by atoms with van der Waals surface area (Å²) in [7, 11) is 0. The van der Waals surface area contributed by atoms with E-state index in [-0.39, 0.29) is 12.1 Å². The number of aromatic nitrogens is 2. The standard InChI is InChI=1S/C20H20N4O/c1-12-4-9-18-17(10-12)19-11-13(2)23-24(19)20(22-18)15-5-7-16(8-6-15)21-14(3)25/h4-11,20,22H,1-3H3,(H,21,25). The van der Waals surface area contributed by atoms with Crippen molar-refractivity contribution in [1.82, 2.24) is 9.78 Å². The Morgan fingerprint density at radius 1 is 1.12 bits per heavy atom. The van der Waals surface area contributed by atoms with Crippen LogP contribution in [0.25, 0.3) is 11.3 Å². The fraction of sp³-hybridized carbons (Fsp3) is 0.200. The Hall–Kier alpha value is -3.08. The first-order valence-corrected chi connectivity index (χ1v) is 8.32. The maximum Gasteiger partial charge on any atom is 0.221 e. The Kier molecular flexibility index (Phi) is 3.57. The van der Waals surface area contributed by atoms with Crippen LogP contribution in [0, 0.1) is 13.8 Å². The van der Waals surface area contributed by atoms with Crippen molar-refractivity contribution in [3.8, 4) is 11.3 Å². The van der Waals surface area contributed by atoms with Crippen LogP contribution in [-0.4, -0.2) is 15.7 Å². The lowest BCUT2D eigenvalue weighted by Gasteiger charge is -2.29. The minimum Gasteiger partial charge on any atom is -0.359 e. The van der Waals surface area contributed by atoms with Gasteiger partial charge in [0.05, 0.1) is 11.4 Å². The molecule has 1 aromatic heterocycles. The van der Waals surface area contributed by atoms with Gasteiger partial charge in [0, 0.05) is 23.9 Å². The summed E-state index contributed by atoms with van der Waals surface area (Å²) >= 11 is 0. The van der Waals surface area contributed by atoms with Crippen LogP contribution < -0.4 is 10.6 Å². The Balaban J connectivity index is 1.76. The molecule has 0 spiro atoms. The lowest BCUT2D eigenvalue weighted by Crippen LogP contribution is -2.25. The van der Waals surface area contributed by atoms with Gasteiger partial charge in [0.2, 0.25) is 5.91 Å². The zero-order valence-corrected chi connectivity index (χ0v) is 14.5.